The summed E-state index contributed by atoms with van der Waals surface area (Å²) in [6.07, 6.45) is 4.41. The molecule has 0 heterocycles. The van der Waals surface area contributed by atoms with Crippen LogP contribution in [0.1, 0.15) is 24.8 Å². The lowest BCUT2D eigenvalue weighted by Gasteiger charge is -2.19. The fourth-order valence-electron chi connectivity index (χ4n) is 2.71. The van der Waals surface area contributed by atoms with Crippen molar-refractivity contribution in [1.29, 1.82) is 0 Å². The zero-order valence-electron chi connectivity index (χ0n) is 16.7. The Morgan fingerprint density at radius 2 is 1.93 bits per heavy atom. The largest absolute Gasteiger partial charge is 0.385 e. The van der Waals surface area contributed by atoms with Gasteiger partial charge in [-0.3, -0.25) is 4.79 Å². The van der Waals surface area contributed by atoms with E-state index in [4.69, 9.17) is 4.74 Å². The summed E-state index contributed by atoms with van der Waals surface area (Å²) in [6.45, 7) is 2.58. The minimum absolute atomic E-state index is 0. The quantitative estimate of drug-likeness (QED) is 0.302. The summed E-state index contributed by atoms with van der Waals surface area (Å²) in [7, 11) is 5.24. The van der Waals surface area contributed by atoms with Crippen LogP contribution < -0.4 is 10.6 Å². The summed E-state index contributed by atoms with van der Waals surface area (Å²) >= 11 is 0. The predicted molar refractivity (Wildman–Crippen MR) is 121 cm³/mol. The fourth-order valence-corrected chi connectivity index (χ4v) is 2.71. The summed E-state index contributed by atoms with van der Waals surface area (Å²) in [5.41, 5.74) is 1.60. The van der Waals surface area contributed by atoms with E-state index in [0.717, 1.165) is 32.5 Å². The SMILES string of the molecule is COCCC1(CNC(=NCC(=O)N(C)C)NCCc2ccccc2)CC1.I. The van der Waals surface area contributed by atoms with Crippen molar-refractivity contribution in [3.05, 3.63) is 35.9 Å². The number of halogens is 1. The first-order valence-corrected chi connectivity index (χ1v) is 9.30. The molecule has 1 fully saturated rings. The van der Waals surface area contributed by atoms with Crippen LogP contribution in [0.2, 0.25) is 0 Å². The van der Waals surface area contributed by atoms with Gasteiger partial charge in [0, 0.05) is 40.9 Å². The molecule has 0 atom stereocenters. The Balaban J connectivity index is 0.00000364. The van der Waals surface area contributed by atoms with Crippen LogP contribution >= 0.6 is 24.0 Å². The number of guanidine groups is 1. The lowest BCUT2D eigenvalue weighted by atomic mass is 10.0. The van der Waals surface area contributed by atoms with E-state index in [1.165, 1.54) is 18.4 Å². The molecule has 0 bridgehead atoms. The number of nitrogens with zero attached hydrogens (tertiary/aromatic N) is 2. The van der Waals surface area contributed by atoms with E-state index in [9.17, 15) is 4.79 Å². The van der Waals surface area contributed by atoms with E-state index in [-0.39, 0.29) is 36.4 Å². The van der Waals surface area contributed by atoms with Gasteiger partial charge in [-0.15, -0.1) is 24.0 Å². The topological polar surface area (TPSA) is 66.0 Å². The predicted octanol–water partition coefficient (Wildman–Crippen LogP) is 2.29. The molecule has 1 aliphatic rings. The van der Waals surface area contributed by atoms with Gasteiger partial charge < -0.3 is 20.3 Å². The van der Waals surface area contributed by atoms with Crippen LogP contribution in [0.25, 0.3) is 0 Å². The van der Waals surface area contributed by atoms with Crippen LogP contribution in [0, 0.1) is 5.41 Å². The molecule has 152 valence electrons. The maximum absolute atomic E-state index is 11.8. The molecule has 0 aromatic heterocycles. The second kappa shape index (κ2) is 12.2. The number of likely N-dealkylation sites (N-methyl/N-ethyl adjacent to an activating group) is 1. The summed E-state index contributed by atoms with van der Waals surface area (Å²) in [6, 6.07) is 10.3. The summed E-state index contributed by atoms with van der Waals surface area (Å²) in [4.78, 5) is 17.9. The number of aliphatic imine (C=N–C) groups is 1. The normalized spacial score (nSPS) is 14.9. The van der Waals surface area contributed by atoms with E-state index in [0.29, 0.717) is 11.4 Å². The van der Waals surface area contributed by atoms with Gasteiger partial charge in [-0.05, 0) is 36.7 Å². The maximum Gasteiger partial charge on any atom is 0.243 e. The van der Waals surface area contributed by atoms with Gasteiger partial charge in [0.25, 0.3) is 0 Å². The molecule has 7 heteroatoms. The molecule has 2 rings (SSSR count). The average molecular weight is 488 g/mol. The highest BCUT2D eigenvalue weighted by atomic mass is 127. The number of hydrogen-bond donors (Lipinski definition) is 2. The molecule has 0 unspecified atom stereocenters. The van der Waals surface area contributed by atoms with E-state index >= 15 is 0 Å². The van der Waals surface area contributed by atoms with Crippen molar-refractivity contribution in [3.8, 4) is 0 Å². The Morgan fingerprint density at radius 3 is 2.52 bits per heavy atom. The lowest BCUT2D eigenvalue weighted by molar-refractivity contribution is -0.127. The number of carbonyl (C=O) groups excluding carboxylic acids is 1. The van der Waals surface area contributed by atoms with Crippen molar-refractivity contribution in [2.75, 3.05) is 47.4 Å². The zero-order valence-corrected chi connectivity index (χ0v) is 19.0. The third kappa shape index (κ3) is 8.92. The molecule has 0 saturated heterocycles. The Morgan fingerprint density at radius 1 is 1.22 bits per heavy atom. The van der Waals surface area contributed by atoms with Crippen LogP contribution in [0.4, 0.5) is 0 Å². The number of benzene rings is 1. The standard InChI is InChI=1S/C20H32N4O2.HI/c1-24(2)18(25)15-22-19(21-13-9-17-7-5-4-6-8-17)23-16-20(10-11-20)12-14-26-3;/h4-8H,9-16H2,1-3H3,(H2,21,22,23);1H. The van der Waals surface area contributed by atoms with Gasteiger partial charge in [0.2, 0.25) is 5.91 Å². The number of amides is 1. The molecule has 1 aromatic carbocycles. The number of nitrogens with one attached hydrogen (secondary N) is 2. The number of hydrogen-bond acceptors (Lipinski definition) is 3. The Labute approximate surface area is 180 Å². The molecule has 0 radical (unpaired) electrons. The monoisotopic (exact) mass is 488 g/mol. The zero-order chi connectivity index (χ0) is 18.8. The lowest BCUT2D eigenvalue weighted by Crippen LogP contribution is -2.42. The van der Waals surface area contributed by atoms with E-state index in [1.54, 1.807) is 26.1 Å². The van der Waals surface area contributed by atoms with Crippen molar-refractivity contribution >= 4 is 35.8 Å². The Bertz CT molecular complexity index is 589. The average Bonchev–Trinajstić information content (AvgIpc) is 3.42. The third-order valence-electron chi connectivity index (χ3n) is 4.84. The number of rotatable bonds is 10. The molecule has 6 nitrogen and oxygen atoms in total. The first-order valence-electron chi connectivity index (χ1n) is 9.30. The van der Waals surface area contributed by atoms with E-state index < -0.39 is 0 Å². The van der Waals surface area contributed by atoms with Gasteiger partial charge in [0.05, 0.1) is 0 Å². The van der Waals surface area contributed by atoms with Gasteiger partial charge in [0.1, 0.15) is 6.54 Å². The molecule has 1 aliphatic carbocycles. The van der Waals surface area contributed by atoms with Crippen LogP contribution in [0.5, 0.6) is 0 Å². The molecule has 27 heavy (non-hydrogen) atoms. The van der Waals surface area contributed by atoms with Gasteiger partial charge in [-0.25, -0.2) is 4.99 Å². The summed E-state index contributed by atoms with van der Waals surface area (Å²) in [5, 5.41) is 6.78. The van der Waals surface area contributed by atoms with Crippen molar-refractivity contribution < 1.29 is 9.53 Å². The van der Waals surface area contributed by atoms with Gasteiger partial charge >= 0.3 is 0 Å². The number of methoxy groups -OCH3 is 1. The highest BCUT2D eigenvalue weighted by molar-refractivity contribution is 14.0. The Hall–Kier alpha value is -1.35. The molecule has 0 spiro atoms. The van der Waals surface area contributed by atoms with Crippen molar-refractivity contribution in [3.63, 3.8) is 0 Å². The number of ether oxygens (including phenoxy) is 1. The van der Waals surface area contributed by atoms with Gasteiger partial charge in [-0.1, -0.05) is 30.3 Å². The van der Waals surface area contributed by atoms with Crippen molar-refractivity contribution in [2.45, 2.75) is 25.7 Å². The van der Waals surface area contributed by atoms with E-state index in [2.05, 4.69) is 27.8 Å². The summed E-state index contributed by atoms with van der Waals surface area (Å²) < 4.78 is 5.22. The smallest absolute Gasteiger partial charge is 0.243 e. The second-order valence-electron chi connectivity index (χ2n) is 7.21. The molecule has 2 N–H and O–H groups in total. The molecular formula is C20H33IN4O2. The highest BCUT2D eigenvalue weighted by Crippen LogP contribution is 2.48. The fraction of sp³-hybridized carbons (Fsp3) is 0.600. The minimum atomic E-state index is -0.00493. The molecule has 1 amide bonds. The van der Waals surface area contributed by atoms with Crippen LogP contribution in [-0.2, 0) is 16.0 Å². The van der Waals surface area contributed by atoms with Crippen LogP contribution in [-0.4, -0.2) is 64.2 Å². The Kier molecular flexibility index (Phi) is 10.7. The molecule has 1 aromatic rings. The minimum Gasteiger partial charge on any atom is -0.385 e. The van der Waals surface area contributed by atoms with Crippen molar-refractivity contribution in [1.82, 2.24) is 15.5 Å². The third-order valence-corrected chi connectivity index (χ3v) is 4.84. The molecular weight excluding hydrogens is 455 g/mol. The number of carbonyl (C=O) groups is 1. The first kappa shape index (κ1) is 23.7. The van der Waals surface area contributed by atoms with Gasteiger partial charge in [-0.2, -0.15) is 0 Å². The first-order chi connectivity index (χ1) is 12.5. The maximum atomic E-state index is 11.8. The van der Waals surface area contributed by atoms with Gasteiger partial charge in [0.15, 0.2) is 5.96 Å². The van der Waals surface area contributed by atoms with Crippen LogP contribution in [0.15, 0.2) is 35.3 Å². The molecule has 1 saturated carbocycles. The highest BCUT2D eigenvalue weighted by Gasteiger charge is 2.41. The van der Waals surface area contributed by atoms with Crippen molar-refractivity contribution in [2.24, 2.45) is 10.4 Å². The second-order valence-corrected chi connectivity index (χ2v) is 7.21. The van der Waals surface area contributed by atoms with Crippen LogP contribution in [0.3, 0.4) is 0 Å². The molecule has 0 aliphatic heterocycles. The summed E-state index contributed by atoms with van der Waals surface area (Å²) in [5.74, 6) is 0.703. The van der Waals surface area contributed by atoms with E-state index in [1.807, 2.05) is 18.2 Å².